The normalized spacial score (nSPS) is 14.9. The Kier molecular flexibility index (Phi) is 3.83. The van der Waals surface area contributed by atoms with Gasteiger partial charge in [0.1, 0.15) is 11.5 Å². The van der Waals surface area contributed by atoms with Crippen molar-refractivity contribution in [3.63, 3.8) is 0 Å². The molecule has 0 aliphatic carbocycles. The lowest BCUT2D eigenvalue weighted by Gasteiger charge is -2.18. The highest BCUT2D eigenvalue weighted by Crippen LogP contribution is 2.09. The largest absolute Gasteiger partial charge is 0.475 e. The second kappa shape index (κ2) is 5.55. The molecule has 0 aromatic carbocycles. The van der Waals surface area contributed by atoms with E-state index in [0.29, 0.717) is 5.76 Å². The van der Waals surface area contributed by atoms with Crippen LogP contribution in [0.1, 0.15) is 29.2 Å². The fourth-order valence-electron chi connectivity index (χ4n) is 1.69. The predicted molar refractivity (Wildman–Crippen MR) is 67.0 cm³/mol. The Bertz CT molecular complexity index is 590. The molecule has 0 unspecified atom stereocenters. The van der Waals surface area contributed by atoms with Gasteiger partial charge < -0.3 is 14.8 Å². The van der Waals surface area contributed by atoms with Crippen molar-refractivity contribution >= 4 is 23.5 Å². The molecule has 2 N–H and O–H groups in total. The van der Waals surface area contributed by atoms with Crippen LogP contribution >= 0.6 is 0 Å². The monoisotopic (exact) mass is 279 g/mol. The van der Waals surface area contributed by atoms with Gasteiger partial charge in [0.25, 0.3) is 5.91 Å². The van der Waals surface area contributed by atoms with Crippen LogP contribution in [0.15, 0.2) is 21.7 Å². The van der Waals surface area contributed by atoms with Crippen LogP contribution in [0, 0.1) is 0 Å². The van der Waals surface area contributed by atoms with Crippen molar-refractivity contribution in [1.29, 1.82) is 0 Å². The highest BCUT2D eigenvalue weighted by atomic mass is 16.4. The molecule has 1 aromatic rings. The van der Waals surface area contributed by atoms with Gasteiger partial charge in [0.2, 0.25) is 11.7 Å². The third kappa shape index (κ3) is 3.02. The van der Waals surface area contributed by atoms with Crippen molar-refractivity contribution in [2.24, 2.45) is 5.10 Å². The zero-order valence-electron chi connectivity index (χ0n) is 10.8. The first kappa shape index (κ1) is 13.8. The number of carboxylic acid groups (broad SMARTS) is 1. The van der Waals surface area contributed by atoms with Crippen LogP contribution < -0.4 is 5.32 Å². The van der Waals surface area contributed by atoms with E-state index < -0.39 is 11.9 Å². The Morgan fingerprint density at radius 1 is 1.45 bits per heavy atom. The molecular weight excluding hydrogens is 266 g/mol. The first-order valence-corrected chi connectivity index (χ1v) is 5.91. The summed E-state index contributed by atoms with van der Waals surface area (Å²) in [5, 5.41) is 16.3. The molecule has 0 atom stereocenters. The van der Waals surface area contributed by atoms with E-state index in [1.165, 1.54) is 19.2 Å². The third-order valence-corrected chi connectivity index (χ3v) is 2.77. The predicted octanol–water partition coefficient (Wildman–Crippen LogP) is 0.202. The lowest BCUT2D eigenvalue weighted by Crippen LogP contribution is -2.37. The minimum absolute atomic E-state index is 0.0583. The zero-order valence-corrected chi connectivity index (χ0v) is 10.8. The van der Waals surface area contributed by atoms with Crippen molar-refractivity contribution in [2.45, 2.75) is 19.4 Å². The van der Waals surface area contributed by atoms with Crippen LogP contribution in [-0.2, 0) is 16.1 Å². The number of aromatic carboxylic acids is 1. The second-order valence-corrected chi connectivity index (χ2v) is 4.22. The summed E-state index contributed by atoms with van der Waals surface area (Å²) in [5.41, 5.74) is 0.261. The quantitative estimate of drug-likeness (QED) is 0.817. The molecule has 1 aliphatic rings. The van der Waals surface area contributed by atoms with Gasteiger partial charge in [-0.2, -0.15) is 5.10 Å². The van der Waals surface area contributed by atoms with Crippen molar-refractivity contribution in [3.8, 4) is 0 Å². The Labute approximate surface area is 114 Å². The zero-order chi connectivity index (χ0) is 14.7. The number of hydrogen-bond acceptors (Lipinski definition) is 5. The van der Waals surface area contributed by atoms with Gasteiger partial charge in [0.15, 0.2) is 0 Å². The Hall–Kier alpha value is -2.64. The molecule has 0 saturated carbocycles. The molecule has 20 heavy (non-hydrogen) atoms. The van der Waals surface area contributed by atoms with Gasteiger partial charge >= 0.3 is 5.97 Å². The molecular formula is C12H13N3O5. The molecule has 8 heteroatoms. The number of rotatable bonds is 4. The molecule has 2 amide bonds. The van der Waals surface area contributed by atoms with Crippen LogP contribution in [0.2, 0.25) is 0 Å². The number of carbonyl (C=O) groups excluding carboxylic acids is 2. The first-order chi connectivity index (χ1) is 9.47. The van der Waals surface area contributed by atoms with Crippen LogP contribution in [-0.4, -0.2) is 40.7 Å². The van der Waals surface area contributed by atoms with Crippen LogP contribution in [0.4, 0.5) is 0 Å². The molecule has 2 heterocycles. The molecule has 0 saturated heterocycles. The average Bonchev–Trinajstić information content (AvgIpc) is 2.88. The van der Waals surface area contributed by atoms with Gasteiger partial charge in [-0.15, -0.1) is 0 Å². The molecule has 1 aromatic heterocycles. The lowest BCUT2D eigenvalue weighted by molar-refractivity contribution is -0.130. The minimum Gasteiger partial charge on any atom is -0.475 e. The summed E-state index contributed by atoms with van der Waals surface area (Å²) >= 11 is 0. The maximum absolute atomic E-state index is 11.8. The van der Waals surface area contributed by atoms with E-state index in [4.69, 9.17) is 9.52 Å². The van der Waals surface area contributed by atoms with Crippen LogP contribution in [0.5, 0.6) is 0 Å². The van der Waals surface area contributed by atoms with E-state index >= 15 is 0 Å². The van der Waals surface area contributed by atoms with Crippen molar-refractivity contribution < 1.29 is 23.9 Å². The summed E-state index contributed by atoms with van der Waals surface area (Å²) in [6.45, 7) is 0.0583. The van der Waals surface area contributed by atoms with E-state index in [1.54, 1.807) is 0 Å². The number of carboxylic acids is 1. The standard InChI is InChI=1S/C12H13N3O5/c1-15-10(16)5-3-8(14-15)11(17)13-6-7-2-4-9(20-7)12(18)19/h2,4H,3,5-6H2,1H3,(H,13,17)(H,18,19). The number of nitrogens with one attached hydrogen (secondary N) is 1. The average molecular weight is 279 g/mol. The summed E-state index contributed by atoms with van der Waals surface area (Å²) in [5.74, 6) is -1.57. The summed E-state index contributed by atoms with van der Waals surface area (Å²) < 4.78 is 5.00. The fraction of sp³-hybridized carbons (Fsp3) is 0.333. The molecule has 0 bridgehead atoms. The molecule has 0 fully saturated rings. The maximum Gasteiger partial charge on any atom is 0.371 e. The Balaban J connectivity index is 1.93. The number of amides is 2. The number of nitrogens with zero attached hydrogens (tertiary/aromatic N) is 2. The number of hydrogen-bond donors (Lipinski definition) is 2. The molecule has 8 nitrogen and oxygen atoms in total. The van der Waals surface area contributed by atoms with E-state index in [1.807, 2.05) is 0 Å². The van der Waals surface area contributed by atoms with E-state index in [0.717, 1.165) is 5.01 Å². The van der Waals surface area contributed by atoms with E-state index in [2.05, 4.69) is 10.4 Å². The van der Waals surface area contributed by atoms with E-state index in [-0.39, 0.29) is 36.8 Å². The van der Waals surface area contributed by atoms with Gasteiger partial charge in [0.05, 0.1) is 6.54 Å². The summed E-state index contributed by atoms with van der Waals surface area (Å²) in [4.78, 5) is 33.7. The number of furan rings is 1. The highest BCUT2D eigenvalue weighted by Gasteiger charge is 2.22. The Morgan fingerprint density at radius 3 is 2.80 bits per heavy atom. The van der Waals surface area contributed by atoms with Gasteiger partial charge in [-0.25, -0.2) is 9.80 Å². The summed E-state index contributed by atoms with van der Waals surface area (Å²) in [7, 11) is 1.49. The number of carbonyl (C=O) groups is 3. The first-order valence-electron chi connectivity index (χ1n) is 5.91. The molecule has 0 spiro atoms. The molecule has 1 aliphatic heterocycles. The topological polar surface area (TPSA) is 112 Å². The van der Waals surface area contributed by atoms with Crippen molar-refractivity contribution in [1.82, 2.24) is 10.3 Å². The maximum atomic E-state index is 11.8. The third-order valence-electron chi connectivity index (χ3n) is 2.77. The van der Waals surface area contributed by atoms with Gasteiger partial charge in [-0.3, -0.25) is 9.59 Å². The summed E-state index contributed by atoms with van der Waals surface area (Å²) in [6.07, 6.45) is 0.528. The van der Waals surface area contributed by atoms with Gasteiger partial charge in [-0.05, 0) is 12.1 Å². The fourth-order valence-corrected chi connectivity index (χ4v) is 1.69. The SMILES string of the molecule is CN1N=C(C(=O)NCc2ccc(C(=O)O)o2)CCC1=O. The smallest absolute Gasteiger partial charge is 0.371 e. The molecule has 106 valence electrons. The highest BCUT2D eigenvalue weighted by molar-refractivity contribution is 6.39. The molecule has 2 rings (SSSR count). The minimum atomic E-state index is -1.17. The van der Waals surface area contributed by atoms with Gasteiger partial charge in [0, 0.05) is 19.9 Å². The van der Waals surface area contributed by atoms with Gasteiger partial charge in [-0.1, -0.05) is 0 Å². The van der Waals surface area contributed by atoms with Crippen LogP contribution in [0.3, 0.4) is 0 Å². The van der Waals surface area contributed by atoms with Crippen molar-refractivity contribution in [3.05, 3.63) is 23.7 Å². The lowest BCUT2D eigenvalue weighted by atomic mass is 10.1. The molecule has 0 radical (unpaired) electrons. The van der Waals surface area contributed by atoms with Crippen LogP contribution in [0.25, 0.3) is 0 Å². The van der Waals surface area contributed by atoms with Crippen molar-refractivity contribution in [2.75, 3.05) is 7.05 Å². The summed E-state index contributed by atoms with van der Waals surface area (Å²) in [6, 6.07) is 2.79. The second-order valence-electron chi connectivity index (χ2n) is 4.22. The number of hydrazone groups is 1. The van der Waals surface area contributed by atoms with E-state index in [9.17, 15) is 14.4 Å². The Morgan fingerprint density at radius 2 is 2.20 bits per heavy atom.